The molecule has 6 nitrogen and oxygen atoms in total. The average Bonchev–Trinajstić information content (AvgIpc) is 3.32. The molecule has 0 saturated heterocycles. The molecule has 0 aliphatic heterocycles. The number of rotatable bonds is 5. The topological polar surface area (TPSA) is 85.0 Å². The molecule has 2 N–H and O–H groups in total. The van der Waals surface area contributed by atoms with Crippen molar-refractivity contribution in [3.05, 3.63) is 53.7 Å². The van der Waals surface area contributed by atoms with Crippen LogP contribution in [-0.4, -0.2) is 26.9 Å². The van der Waals surface area contributed by atoms with Crippen molar-refractivity contribution in [1.82, 2.24) is 15.0 Å². The molecule has 3 aromatic rings. The maximum atomic E-state index is 11.4. The Hall–Kier alpha value is -2.80. The number of hydrogen-bond donors (Lipinski definition) is 1. The molecule has 0 radical (unpaired) electrons. The van der Waals surface area contributed by atoms with Crippen molar-refractivity contribution in [2.45, 2.75) is 18.9 Å². The first-order valence-corrected chi connectivity index (χ1v) is 8.52. The van der Waals surface area contributed by atoms with Gasteiger partial charge in [-0.2, -0.15) is 0 Å². The summed E-state index contributed by atoms with van der Waals surface area (Å²) in [5.41, 5.74) is 7.52. The zero-order valence-corrected chi connectivity index (χ0v) is 13.6. The van der Waals surface area contributed by atoms with E-state index >= 15 is 0 Å². The molecule has 0 aromatic carbocycles. The van der Waals surface area contributed by atoms with E-state index in [4.69, 9.17) is 10.7 Å². The molecule has 1 aliphatic carbocycles. The summed E-state index contributed by atoms with van der Waals surface area (Å²) in [7, 11) is 0. The first-order valence-electron chi connectivity index (χ1n) is 7.64. The normalized spacial score (nSPS) is 13.7. The standard InChI is InChI=1S/C17H15N5OS/c18-16(23)11-6-8-20-15(9-11)22(12-4-5-12)17-21-14(10-24-17)13-3-1-2-7-19-13/h1-3,6-10,12H,4-5H2,(H2,18,23). The summed E-state index contributed by atoms with van der Waals surface area (Å²) in [6, 6.07) is 9.47. The highest BCUT2D eigenvalue weighted by Crippen LogP contribution is 2.39. The molecule has 24 heavy (non-hydrogen) atoms. The predicted molar refractivity (Wildman–Crippen MR) is 93.3 cm³/mol. The lowest BCUT2D eigenvalue weighted by atomic mass is 10.2. The first kappa shape index (κ1) is 14.8. The predicted octanol–water partition coefficient (Wildman–Crippen LogP) is 3.00. The molecule has 3 aromatic heterocycles. The minimum atomic E-state index is -0.456. The molecular formula is C17H15N5OS. The van der Waals surface area contributed by atoms with Gasteiger partial charge in [0, 0.05) is 29.4 Å². The Kier molecular flexibility index (Phi) is 3.70. The van der Waals surface area contributed by atoms with E-state index in [-0.39, 0.29) is 0 Å². The molecule has 0 bridgehead atoms. The molecule has 0 atom stereocenters. The molecule has 120 valence electrons. The van der Waals surface area contributed by atoms with Crippen LogP contribution in [-0.2, 0) is 0 Å². The van der Waals surface area contributed by atoms with E-state index in [0.29, 0.717) is 17.4 Å². The van der Waals surface area contributed by atoms with Gasteiger partial charge in [-0.25, -0.2) is 9.97 Å². The lowest BCUT2D eigenvalue weighted by molar-refractivity contribution is 0.1000. The van der Waals surface area contributed by atoms with Crippen molar-refractivity contribution in [1.29, 1.82) is 0 Å². The summed E-state index contributed by atoms with van der Waals surface area (Å²) >= 11 is 1.55. The van der Waals surface area contributed by atoms with Crippen LogP contribution in [0.15, 0.2) is 48.1 Å². The quantitative estimate of drug-likeness (QED) is 0.773. The number of nitrogens with two attached hydrogens (primary N) is 1. The third kappa shape index (κ3) is 2.85. The van der Waals surface area contributed by atoms with Crippen molar-refractivity contribution in [2.24, 2.45) is 5.73 Å². The van der Waals surface area contributed by atoms with E-state index in [1.807, 2.05) is 23.6 Å². The SMILES string of the molecule is NC(=O)c1ccnc(N(c2nc(-c3ccccn3)cs2)C2CC2)c1. The van der Waals surface area contributed by atoms with Gasteiger partial charge in [0.25, 0.3) is 0 Å². The number of anilines is 2. The fourth-order valence-electron chi connectivity index (χ4n) is 2.48. The van der Waals surface area contributed by atoms with Crippen molar-refractivity contribution in [3.63, 3.8) is 0 Å². The molecular weight excluding hydrogens is 322 g/mol. The van der Waals surface area contributed by atoms with Crippen LogP contribution in [0.5, 0.6) is 0 Å². The van der Waals surface area contributed by atoms with Crippen LogP contribution in [0.2, 0.25) is 0 Å². The van der Waals surface area contributed by atoms with Crippen LogP contribution in [0.4, 0.5) is 10.9 Å². The molecule has 4 rings (SSSR count). The number of pyridine rings is 2. The van der Waals surface area contributed by atoms with Gasteiger partial charge in [-0.3, -0.25) is 14.7 Å². The Morgan fingerprint density at radius 3 is 2.75 bits per heavy atom. The number of thiazole rings is 1. The first-order chi connectivity index (χ1) is 11.7. The average molecular weight is 337 g/mol. The molecule has 1 fully saturated rings. The summed E-state index contributed by atoms with van der Waals surface area (Å²) in [4.78, 5) is 27.0. The van der Waals surface area contributed by atoms with E-state index in [9.17, 15) is 4.79 Å². The van der Waals surface area contributed by atoms with E-state index in [1.54, 1.807) is 35.9 Å². The van der Waals surface area contributed by atoms with E-state index in [0.717, 1.165) is 29.4 Å². The maximum absolute atomic E-state index is 11.4. The fourth-order valence-corrected chi connectivity index (χ4v) is 3.38. The van der Waals surface area contributed by atoms with Gasteiger partial charge in [0.05, 0.1) is 5.69 Å². The molecule has 1 amide bonds. The number of aromatic nitrogens is 3. The van der Waals surface area contributed by atoms with Crippen molar-refractivity contribution < 1.29 is 4.79 Å². The van der Waals surface area contributed by atoms with Crippen molar-refractivity contribution in [2.75, 3.05) is 4.90 Å². The number of amides is 1. The van der Waals surface area contributed by atoms with Gasteiger partial charge in [-0.15, -0.1) is 11.3 Å². The number of primary amides is 1. The number of carbonyl (C=O) groups excluding carboxylic acids is 1. The van der Waals surface area contributed by atoms with E-state index in [2.05, 4.69) is 14.9 Å². The van der Waals surface area contributed by atoms with Gasteiger partial charge in [0.1, 0.15) is 11.5 Å². The van der Waals surface area contributed by atoms with Gasteiger partial charge < -0.3 is 5.73 Å². The summed E-state index contributed by atoms with van der Waals surface area (Å²) in [5.74, 6) is 0.249. The molecule has 0 spiro atoms. The third-order valence-electron chi connectivity index (χ3n) is 3.81. The van der Waals surface area contributed by atoms with Gasteiger partial charge >= 0.3 is 0 Å². The Balaban J connectivity index is 1.71. The molecule has 0 unspecified atom stereocenters. The van der Waals surface area contributed by atoms with Crippen LogP contribution in [0.1, 0.15) is 23.2 Å². The van der Waals surface area contributed by atoms with Crippen LogP contribution in [0.3, 0.4) is 0 Å². The Morgan fingerprint density at radius 1 is 1.17 bits per heavy atom. The minimum absolute atomic E-state index is 0.364. The summed E-state index contributed by atoms with van der Waals surface area (Å²) in [6.45, 7) is 0. The lowest BCUT2D eigenvalue weighted by Gasteiger charge is -2.20. The Bertz CT molecular complexity index is 875. The van der Waals surface area contributed by atoms with Gasteiger partial charge in [-0.1, -0.05) is 6.07 Å². The van der Waals surface area contributed by atoms with Gasteiger partial charge in [-0.05, 0) is 37.1 Å². The number of nitrogens with zero attached hydrogens (tertiary/aromatic N) is 4. The second kappa shape index (κ2) is 6.01. The Labute approximate surface area is 143 Å². The highest BCUT2D eigenvalue weighted by Gasteiger charge is 2.33. The zero-order valence-electron chi connectivity index (χ0n) is 12.8. The summed E-state index contributed by atoms with van der Waals surface area (Å²) in [6.07, 6.45) is 5.53. The van der Waals surface area contributed by atoms with Crippen LogP contribution < -0.4 is 10.6 Å². The smallest absolute Gasteiger partial charge is 0.248 e. The fraction of sp³-hybridized carbons (Fsp3) is 0.176. The number of carbonyl (C=O) groups is 1. The van der Waals surface area contributed by atoms with E-state index < -0.39 is 5.91 Å². The highest BCUT2D eigenvalue weighted by atomic mass is 32.1. The van der Waals surface area contributed by atoms with Gasteiger partial charge in [0.15, 0.2) is 5.13 Å². The van der Waals surface area contributed by atoms with Gasteiger partial charge in [0.2, 0.25) is 5.91 Å². The second-order valence-corrected chi connectivity index (χ2v) is 6.43. The number of hydrogen-bond acceptors (Lipinski definition) is 6. The molecule has 1 saturated carbocycles. The second-order valence-electron chi connectivity index (χ2n) is 5.60. The monoisotopic (exact) mass is 337 g/mol. The van der Waals surface area contributed by atoms with Crippen molar-refractivity contribution in [3.8, 4) is 11.4 Å². The van der Waals surface area contributed by atoms with Crippen LogP contribution in [0.25, 0.3) is 11.4 Å². The molecule has 7 heteroatoms. The Morgan fingerprint density at radius 2 is 2.04 bits per heavy atom. The largest absolute Gasteiger partial charge is 0.366 e. The van der Waals surface area contributed by atoms with Crippen molar-refractivity contribution >= 4 is 28.2 Å². The third-order valence-corrected chi connectivity index (χ3v) is 4.65. The maximum Gasteiger partial charge on any atom is 0.248 e. The van der Waals surface area contributed by atoms with Crippen LogP contribution in [0, 0.1) is 0 Å². The summed E-state index contributed by atoms with van der Waals surface area (Å²) in [5, 5.41) is 2.85. The molecule has 3 heterocycles. The highest BCUT2D eigenvalue weighted by molar-refractivity contribution is 7.14. The zero-order chi connectivity index (χ0) is 16.5. The molecule has 1 aliphatic rings. The van der Waals surface area contributed by atoms with E-state index in [1.165, 1.54) is 0 Å². The lowest BCUT2D eigenvalue weighted by Crippen LogP contribution is -2.21. The minimum Gasteiger partial charge on any atom is -0.366 e. The summed E-state index contributed by atoms with van der Waals surface area (Å²) < 4.78 is 0. The van der Waals surface area contributed by atoms with Crippen LogP contribution >= 0.6 is 11.3 Å².